The lowest BCUT2D eigenvalue weighted by Gasteiger charge is -2.23. The zero-order valence-electron chi connectivity index (χ0n) is 62.4. The van der Waals surface area contributed by atoms with Crippen molar-refractivity contribution in [2.24, 2.45) is 21.8 Å². The lowest BCUT2D eigenvalue weighted by Crippen LogP contribution is -2.45. The Hall–Kier alpha value is -9.92. The number of carbonyl (C=O) groups is 8. The number of unbranched alkanes of at least 4 members (excludes halogenated alkanes) is 2. The Morgan fingerprint density at radius 3 is 1.50 bits per heavy atom. The second-order valence-corrected chi connectivity index (χ2v) is 26.5. The fraction of sp³-hybridized carbons (Fsp3) is 0.494. The molecule has 0 aliphatic carbocycles. The standard InChI is InChI=1S/C79H98N8O22/c1-52(2)76(84-73(90)18-23-98-25-27-100-29-31-102-33-35-104-37-38-105-36-34-103-32-30-101-28-26-99-24-19-80-72(89)17-20-85-74(91)15-16-75(85)92)65(88)39-53(3)77(93)83-58-12-9-54(10-13-58)56-40-59-47-81-63-45-70(67(96-4)43-61(63)78(94)86(59)49-56)106-21-7-6-8-22-107-71-46-64-62(44-68(71)97-5)79(95)87-50-57(41-60(87)48-82-64)55-11-14-66-69(42-55)109-51-108-66/h9-16,42-50,52-53,59-60,76H,6-8,17-41,51H2,1-5H3,(H,80,89)(H,83,93)(H,84,90)/t53-,59+,60+,76?/m1/s1. The van der Waals surface area contributed by atoms with Crippen molar-refractivity contribution in [1.82, 2.24) is 25.3 Å². The van der Waals surface area contributed by atoms with Crippen LogP contribution in [0, 0.1) is 11.8 Å². The van der Waals surface area contributed by atoms with E-state index < -0.39 is 23.8 Å². The van der Waals surface area contributed by atoms with Gasteiger partial charge in [-0.05, 0) is 83.9 Å². The van der Waals surface area contributed by atoms with Crippen LogP contribution in [0.4, 0.5) is 17.1 Å². The Balaban J connectivity index is 0.531. The molecule has 6 aliphatic heterocycles. The highest BCUT2D eigenvalue weighted by atomic mass is 16.7. The molecule has 0 aromatic heterocycles. The molecule has 30 nitrogen and oxygen atoms in total. The molecule has 4 aromatic rings. The Labute approximate surface area is 633 Å². The Kier molecular flexibility index (Phi) is 31.6. The average Bonchev–Trinajstić information content (AvgIpc) is 1.66. The largest absolute Gasteiger partial charge is 0.493 e. The first kappa shape index (κ1) is 81.6. The predicted molar refractivity (Wildman–Crippen MR) is 400 cm³/mol. The smallest absolute Gasteiger partial charge is 0.260 e. The van der Waals surface area contributed by atoms with E-state index in [4.69, 9.17) is 76.3 Å². The fourth-order valence-electron chi connectivity index (χ4n) is 12.4. The van der Waals surface area contributed by atoms with Gasteiger partial charge < -0.3 is 92.1 Å². The van der Waals surface area contributed by atoms with Crippen molar-refractivity contribution < 1.29 is 105 Å². The fourth-order valence-corrected chi connectivity index (χ4v) is 12.4. The monoisotopic (exact) mass is 1510 g/mol. The first-order chi connectivity index (χ1) is 53.0. The number of nitrogens with zero attached hydrogens (tertiary/aromatic N) is 5. The molecule has 6 heterocycles. The molecule has 4 aromatic carbocycles. The van der Waals surface area contributed by atoms with Crippen molar-refractivity contribution in [2.45, 2.75) is 90.3 Å². The summed E-state index contributed by atoms with van der Waals surface area (Å²) in [6.07, 6.45) is 12.9. The maximum absolute atomic E-state index is 14.2. The lowest BCUT2D eigenvalue weighted by atomic mass is 9.92. The summed E-state index contributed by atoms with van der Waals surface area (Å²) in [5, 5.41) is 8.43. The number of amides is 7. The third kappa shape index (κ3) is 23.8. The number of hydrogen-bond donors (Lipinski definition) is 3. The lowest BCUT2D eigenvalue weighted by molar-refractivity contribution is -0.137. The van der Waals surface area contributed by atoms with Gasteiger partial charge in [-0.15, -0.1) is 0 Å². The van der Waals surface area contributed by atoms with Gasteiger partial charge in [0, 0.05) is 106 Å². The first-order valence-corrected chi connectivity index (χ1v) is 37.0. The molecule has 1 unspecified atom stereocenters. The number of hydrogen-bond acceptors (Lipinski definition) is 24. The van der Waals surface area contributed by atoms with Crippen LogP contribution in [0.5, 0.6) is 34.5 Å². The Morgan fingerprint density at radius 2 is 1.00 bits per heavy atom. The number of carbonyl (C=O) groups excluding carboxylic acids is 8. The van der Waals surface area contributed by atoms with Crippen molar-refractivity contribution in [3.8, 4) is 34.5 Å². The van der Waals surface area contributed by atoms with E-state index in [2.05, 4.69) is 16.0 Å². The summed E-state index contributed by atoms with van der Waals surface area (Å²) >= 11 is 0. The summed E-state index contributed by atoms with van der Waals surface area (Å²) < 4.78 is 79.0. The van der Waals surface area contributed by atoms with Gasteiger partial charge in [0.1, 0.15) is 0 Å². The van der Waals surface area contributed by atoms with E-state index in [0.717, 1.165) is 33.6 Å². The summed E-state index contributed by atoms with van der Waals surface area (Å²) in [5.41, 5.74) is 6.03. The van der Waals surface area contributed by atoms with Gasteiger partial charge in [0.05, 0.1) is 174 Å². The number of methoxy groups -OCH3 is 2. The number of Topliss-reactive ketones (excluding diaryl/α,β-unsaturated/α-hetero) is 1. The zero-order valence-corrected chi connectivity index (χ0v) is 62.4. The normalized spacial score (nSPS) is 16.5. The zero-order chi connectivity index (χ0) is 76.9. The third-order valence-electron chi connectivity index (χ3n) is 18.4. The second-order valence-electron chi connectivity index (χ2n) is 26.5. The van der Waals surface area contributed by atoms with E-state index in [9.17, 15) is 38.4 Å². The molecule has 0 bridgehead atoms. The van der Waals surface area contributed by atoms with E-state index in [1.54, 1.807) is 72.7 Å². The van der Waals surface area contributed by atoms with E-state index in [1.165, 1.54) is 19.3 Å². The van der Waals surface area contributed by atoms with Crippen molar-refractivity contribution >= 4 is 87.8 Å². The summed E-state index contributed by atoms with van der Waals surface area (Å²) in [7, 11) is 3.07. The number of ketones is 1. The number of ether oxygens (including phenoxy) is 14. The van der Waals surface area contributed by atoms with E-state index in [-0.39, 0.29) is 99.1 Å². The molecule has 6 aliphatic rings. The minimum absolute atomic E-state index is 0.0286. The molecule has 0 saturated heterocycles. The predicted octanol–water partition coefficient (Wildman–Crippen LogP) is 7.63. The van der Waals surface area contributed by atoms with Crippen LogP contribution in [0.1, 0.15) is 104 Å². The highest BCUT2D eigenvalue weighted by Gasteiger charge is 2.37. The number of imide groups is 1. The van der Waals surface area contributed by atoms with Crippen LogP contribution < -0.4 is 44.4 Å². The molecule has 10 rings (SSSR count). The van der Waals surface area contributed by atoms with Crippen molar-refractivity contribution in [3.63, 3.8) is 0 Å². The number of nitrogens with one attached hydrogen (secondary N) is 3. The van der Waals surface area contributed by atoms with Crippen molar-refractivity contribution in [1.29, 1.82) is 0 Å². The SMILES string of the molecule is COc1cc2c(cc1OCCCCCOc1cc3c(cc1OC)C(=O)N1C=C(c4ccc5c(c4)OCO5)C[C@H]1C=N3)N=C[C@@H]1CC(c3ccc(NC(=O)[C@H](C)CC(=O)C(NC(=O)CCOCCOCCOCCOCCOCCOCCOCCOCCNC(=O)CCN4C(=O)C=CC4=O)C(C)C)cc3)=CN1C2=O. The number of aliphatic imine (C=N–C) groups is 2. The summed E-state index contributed by atoms with van der Waals surface area (Å²) in [4.78, 5) is 117. The van der Waals surface area contributed by atoms with Gasteiger partial charge in [0.2, 0.25) is 24.5 Å². The van der Waals surface area contributed by atoms with Gasteiger partial charge in [0.25, 0.3) is 23.6 Å². The number of anilines is 1. The molecule has 109 heavy (non-hydrogen) atoms. The molecule has 0 radical (unpaired) electrons. The van der Waals surface area contributed by atoms with E-state index in [0.29, 0.717) is 201 Å². The van der Waals surface area contributed by atoms with Crippen LogP contribution in [0.25, 0.3) is 11.1 Å². The van der Waals surface area contributed by atoms with Gasteiger partial charge >= 0.3 is 0 Å². The van der Waals surface area contributed by atoms with Crippen LogP contribution in [0.2, 0.25) is 0 Å². The summed E-state index contributed by atoms with van der Waals surface area (Å²) in [6, 6.07) is 18.5. The third-order valence-corrected chi connectivity index (χ3v) is 18.4. The number of benzene rings is 4. The highest BCUT2D eigenvalue weighted by Crippen LogP contribution is 2.43. The molecular formula is C79H98N8O22. The Morgan fingerprint density at radius 1 is 0.523 bits per heavy atom. The van der Waals surface area contributed by atoms with Crippen molar-refractivity contribution in [2.75, 3.05) is 158 Å². The molecule has 30 heteroatoms. The molecule has 3 N–H and O–H groups in total. The van der Waals surface area contributed by atoms with Gasteiger partial charge in [-0.3, -0.25) is 53.2 Å². The number of fused-ring (bicyclic) bond motifs is 5. The van der Waals surface area contributed by atoms with E-state index >= 15 is 0 Å². The van der Waals surface area contributed by atoms with Gasteiger partial charge in [0.15, 0.2) is 40.3 Å². The van der Waals surface area contributed by atoms with Crippen LogP contribution >= 0.6 is 0 Å². The Bertz CT molecular complexity index is 3950. The summed E-state index contributed by atoms with van der Waals surface area (Å²) in [5.74, 6) is -0.197. The topological polar surface area (TPSA) is 336 Å². The van der Waals surface area contributed by atoms with Crippen LogP contribution in [0.3, 0.4) is 0 Å². The highest BCUT2D eigenvalue weighted by molar-refractivity contribution is 6.13. The second kappa shape index (κ2) is 42.2. The molecular weight excluding hydrogens is 1410 g/mol. The average molecular weight is 1510 g/mol. The number of rotatable bonds is 49. The molecule has 7 amide bonds. The first-order valence-electron chi connectivity index (χ1n) is 37.0. The maximum atomic E-state index is 14.2. The van der Waals surface area contributed by atoms with Gasteiger partial charge in [-0.25, -0.2) is 0 Å². The quantitative estimate of drug-likeness (QED) is 0.0282. The van der Waals surface area contributed by atoms with E-state index in [1.807, 2.05) is 56.6 Å². The van der Waals surface area contributed by atoms with Crippen LogP contribution in [-0.4, -0.2) is 245 Å². The van der Waals surface area contributed by atoms with Crippen LogP contribution in [-0.2, 0) is 66.7 Å². The maximum Gasteiger partial charge on any atom is 0.260 e. The van der Waals surface area contributed by atoms with Gasteiger partial charge in [-0.1, -0.05) is 39.0 Å². The minimum Gasteiger partial charge on any atom is -0.493 e. The molecule has 586 valence electrons. The molecule has 0 fully saturated rings. The van der Waals surface area contributed by atoms with Gasteiger partial charge in [-0.2, -0.15) is 0 Å². The molecule has 0 saturated carbocycles. The molecule has 0 spiro atoms. The molecule has 4 atom stereocenters. The van der Waals surface area contributed by atoms with Crippen molar-refractivity contribution in [3.05, 3.63) is 114 Å². The minimum atomic E-state index is -0.790. The summed E-state index contributed by atoms with van der Waals surface area (Å²) in [6.45, 7) is 12.3. The van der Waals surface area contributed by atoms with Crippen LogP contribution in [0.15, 0.2) is 101 Å².